The van der Waals surface area contributed by atoms with Crippen molar-refractivity contribution in [1.29, 1.82) is 0 Å². The predicted octanol–water partition coefficient (Wildman–Crippen LogP) is 5.72. The molecule has 0 radical (unpaired) electrons. The van der Waals surface area contributed by atoms with Crippen molar-refractivity contribution in [3.05, 3.63) is 11.6 Å². The second-order valence-electron chi connectivity index (χ2n) is 11.1. The molecule has 4 aliphatic rings. The molecule has 156 valence electrons. The van der Waals surface area contributed by atoms with Gasteiger partial charge in [0.15, 0.2) is 0 Å². The Bertz CT molecular complexity index is 723. The van der Waals surface area contributed by atoms with Crippen molar-refractivity contribution in [2.24, 2.45) is 39.9 Å². The summed E-state index contributed by atoms with van der Waals surface area (Å²) in [5, 5.41) is 0. The van der Waals surface area contributed by atoms with Crippen LogP contribution in [0.4, 0.5) is 0 Å². The van der Waals surface area contributed by atoms with Gasteiger partial charge in [0.1, 0.15) is 11.9 Å². The third-order valence-corrected chi connectivity index (χ3v) is 10.3. The second kappa shape index (κ2) is 6.44. The molecule has 0 spiro atoms. The van der Waals surface area contributed by atoms with Gasteiger partial charge in [-0.25, -0.2) is 0 Å². The molecule has 0 aliphatic heterocycles. The van der Waals surface area contributed by atoms with E-state index in [2.05, 4.69) is 33.8 Å². The summed E-state index contributed by atoms with van der Waals surface area (Å²) in [4.78, 5) is 24.2. The number of ether oxygens (including phenoxy) is 1. The molecule has 0 unspecified atom stereocenters. The van der Waals surface area contributed by atoms with E-state index >= 15 is 0 Å². The van der Waals surface area contributed by atoms with Crippen molar-refractivity contribution < 1.29 is 14.3 Å². The minimum Gasteiger partial charge on any atom is -0.462 e. The summed E-state index contributed by atoms with van der Waals surface area (Å²) in [5.74, 6) is 2.77. The lowest BCUT2D eigenvalue weighted by Crippen LogP contribution is -2.53. The summed E-state index contributed by atoms with van der Waals surface area (Å²) in [6, 6.07) is 0. The third kappa shape index (κ3) is 2.53. The number of Topliss-reactive ketones (excluding diaryl/α,β-unsaturated/α-hetero) is 1. The number of hydrogen-bond acceptors (Lipinski definition) is 3. The highest BCUT2D eigenvalue weighted by Crippen LogP contribution is 2.71. The van der Waals surface area contributed by atoms with Crippen LogP contribution in [0.25, 0.3) is 0 Å². The summed E-state index contributed by atoms with van der Waals surface area (Å²) >= 11 is 0. The zero-order valence-electron chi connectivity index (χ0n) is 18.6. The summed E-state index contributed by atoms with van der Waals surface area (Å²) in [7, 11) is 0. The van der Waals surface area contributed by atoms with E-state index in [9.17, 15) is 9.59 Å². The predicted molar refractivity (Wildman–Crippen MR) is 111 cm³/mol. The van der Waals surface area contributed by atoms with Crippen molar-refractivity contribution in [2.45, 2.75) is 92.6 Å². The Morgan fingerprint density at radius 2 is 1.79 bits per heavy atom. The van der Waals surface area contributed by atoms with Crippen molar-refractivity contribution in [2.75, 3.05) is 0 Å². The molecule has 0 saturated heterocycles. The molecule has 0 amide bonds. The van der Waals surface area contributed by atoms with Gasteiger partial charge in [-0.2, -0.15) is 0 Å². The summed E-state index contributed by atoms with van der Waals surface area (Å²) in [5.41, 5.74) is 1.74. The summed E-state index contributed by atoms with van der Waals surface area (Å²) in [6.07, 6.45) is 10.3. The summed E-state index contributed by atoms with van der Waals surface area (Å²) < 4.78 is 5.56. The van der Waals surface area contributed by atoms with Gasteiger partial charge in [-0.15, -0.1) is 0 Å². The fraction of sp³-hybridized carbons (Fsp3) is 0.840. The van der Waals surface area contributed by atoms with E-state index in [0.717, 1.165) is 25.7 Å². The maximum atomic E-state index is 12.8. The fourth-order valence-corrected chi connectivity index (χ4v) is 8.29. The molecule has 3 heteroatoms. The first kappa shape index (κ1) is 20.2. The van der Waals surface area contributed by atoms with Gasteiger partial charge >= 0.3 is 5.97 Å². The number of carbonyl (C=O) groups excluding carboxylic acids is 2. The van der Waals surface area contributed by atoms with E-state index in [-0.39, 0.29) is 28.3 Å². The van der Waals surface area contributed by atoms with Gasteiger partial charge in [-0.05, 0) is 80.0 Å². The number of fused-ring (bicyclic) bond motifs is 5. The molecule has 3 fully saturated rings. The summed E-state index contributed by atoms with van der Waals surface area (Å²) in [6.45, 7) is 12.8. The van der Waals surface area contributed by atoms with Gasteiger partial charge in [0.05, 0.1) is 0 Å². The Morgan fingerprint density at radius 1 is 1.07 bits per heavy atom. The molecule has 28 heavy (non-hydrogen) atoms. The number of allylic oxidation sites excluding steroid dienone is 1. The highest BCUT2D eigenvalue weighted by molar-refractivity contribution is 5.83. The first-order chi connectivity index (χ1) is 13.0. The van der Waals surface area contributed by atoms with Crippen LogP contribution in [0, 0.1) is 39.9 Å². The van der Waals surface area contributed by atoms with Crippen LogP contribution in [0.15, 0.2) is 11.6 Å². The quantitative estimate of drug-likeness (QED) is 0.450. The van der Waals surface area contributed by atoms with Crippen molar-refractivity contribution in [1.82, 2.24) is 0 Å². The largest absolute Gasteiger partial charge is 0.462 e. The average Bonchev–Trinajstić information content (AvgIpc) is 2.83. The molecule has 8 atom stereocenters. The minimum absolute atomic E-state index is 0.0646. The normalized spacial score (nSPS) is 50.1. The average molecular weight is 387 g/mol. The van der Waals surface area contributed by atoms with Crippen LogP contribution in [0.2, 0.25) is 0 Å². The second-order valence-corrected chi connectivity index (χ2v) is 11.1. The van der Waals surface area contributed by atoms with Gasteiger partial charge in [0, 0.05) is 18.8 Å². The molecule has 3 nitrogen and oxygen atoms in total. The SMILES string of the molecule is CC(=O)O[C@H]1CC[C@@]2(C)C(=CC[C@@H]3[C@@H]2CC[C@@]2(C)[C@H]3C[C@@H](C)[C@]2(C)C(C)=O)C1. The molecular formula is C25H38O3. The minimum atomic E-state index is -0.180. The Morgan fingerprint density at radius 3 is 2.43 bits per heavy atom. The molecule has 3 saturated carbocycles. The van der Waals surface area contributed by atoms with E-state index in [1.165, 1.54) is 31.8 Å². The van der Waals surface area contributed by atoms with E-state index in [1.807, 2.05) is 6.92 Å². The van der Waals surface area contributed by atoms with Crippen molar-refractivity contribution in [3.8, 4) is 0 Å². The molecule has 0 heterocycles. The Balaban J connectivity index is 1.64. The van der Waals surface area contributed by atoms with Crippen LogP contribution in [-0.4, -0.2) is 17.9 Å². The van der Waals surface area contributed by atoms with Gasteiger partial charge in [0.2, 0.25) is 0 Å². The molecule has 0 N–H and O–H groups in total. The molecule has 0 bridgehead atoms. The van der Waals surface area contributed by atoms with Crippen LogP contribution in [0.5, 0.6) is 0 Å². The highest BCUT2D eigenvalue weighted by Gasteiger charge is 2.66. The van der Waals surface area contributed by atoms with Crippen LogP contribution in [0.3, 0.4) is 0 Å². The fourth-order valence-electron chi connectivity index (χ4n) is 8.29. The maximum absolute atomic E-state index is 12.8. The number of carbonyl (C=O) groups is 2. The van der Waals surface area contributed by atoms with Gasteiger partial charge in [0.25, 0.3) is 0 Å². The Labute approximate surface area is 170 Å². The molecule has 4 aliphatic carbocycles. The Hall–Kier alpha value is -1.12. The van der Waals surface area contributed by atoms with Crippen LogP contribution < -0.4 is 0 Å². The van der Waals surface area contributed by atoms with E-state index in [4.69, 9.17) is 4.74 Å². The van der Waals surface area contributed by atoms with Crippen molar-refractivity contribution in [3.63, 3.8) is 0 Å². The highest BCUT2D eigenvalue weighted by atomic mass is 16.5. The molecule has 0 aromatic rings. The number of ketones is 1. The monoisotopic (exact) mass is 386 g/mol. The number of esters is 1. The lowest BCUT2D eigenvalue weighted by Gasteiger charge is -2.59. The first-order valence-electron chi connectivity index (χ1n) is 11.4. The smallest absolute Gasteiger partial charge is 0.302 e. The molecular weight excluding hydrogens is 348 g/mol. The van der Waals surface area contributed by atoms with Crippen LogP contribution in [-0.2, 0) is 14.3 Å². The topological polar surface area (TPSA) is 43.4 Å². The van der Waals surface area contributed by atoms with Gasteiger partial charge in [-0.1, -0.05) is 39.3 Å². The van der Waals surface area contributed by atoms with E-state index in [1.54, 1.807) is 0 Å². The lowest BCUT2D eigenvalue weighted by molar-refractivity contribution is -0.150. The van der Waals surface area contributed by atoms with E-state index < -0.39 is 0 Å². The van der Waals surface area contributed by atoms with Crippen LogP contribution >= 0.6 is 0 Å². The maximum Gasteiger partial charge on any atom is 0.302 e. The zero-order chi connectivity index (χ0) is 20.5. The van der Waals surface area contributed by atoms with E-state index in [0.29, 0.717) is 29.5 Å². The molecule has 4 rings (SSSR count). The zero-order valence-corrected chi connectivity index (χ0v) is 18.6. The molecule has 0 aromatic carbocycles. The standard InChI is InChI=1S/C25H38O3/c1-15-13-22-20-8-7-18-14-19(28-17(3)27)9-11-23(18,4)21(20)10-12-24(22,5)25(15,6)16(2)26/h7,15,19-22H,8-14H2,1-6H3/t15-,19+,20-,21+,22+,23+,24+,25-/m1/s1. The first-order valence-corrected chi connectivity index (χ1v) is 11.4. The van der Waals surface area contributed by atoms with Crippen LogP contribution in [0.1, 0.15) is 86.5 Å². The van der Waals surface area contributed by atoms with Crippen molar-refractivity contribution >= 4 is 11.8 Å². The lowest BCUT2D eigenvalue weighted by atomic mass is 9.45. The number of hydrogen-bond donors (Lipinski definition) is 0. The number of rotatable bonds is 2. The Kier molecular flexibility index (Phi) is 4.64. The van der Waals surface area contributed by atoms with Gasteiger partial charge in [-0.3, -0.25) is 9.59 Å². The molecule has 0 aromatic heterocycles. The van der Waals surface area contributed by atoms with Gasteiger partial charge < -0.3 is 4.74 Å². The third-order valence-electron chi connectivity index (χ3n) is 10.3.